The maximum atomic E-state index is 9.52. The number of hydrogen-bond acceptors (Lipinski definition) is 3. The molecule has 1 N–H and O–H groups in total. The number of nitrogens with zero attached hydrogens (tertiary/aromatic N) is 2. The second kappa shape index (κ2) is 4.15. The van der Waals surface area contributed by atoms with Crippen molar-refractivity contribution in [2.45, 2.75) is 18.9 Å². The zero-order valence-electron chi connectivity index (χ0n) is 7.86. The summed E-state index contributed by atoms with van der Waals surface area (Å²) in [6, 6.07) is 3.75. The molecule has 2 rings (SSSR count). The number of anilines is 1. The molecule has 1 atom stereocenters. The van der Waals surface area contributed by atoms with E-state index < -0.39 is 0 Å². The van der Waals surface area contributed by atoms with E-state index in [0.29, 0.717) is 11.7 Å². The smallest absolute Gasteiger partial charge is 0.131 e. The van der Waals surface area contributed by atoms with E-state index in [1.807, 2.05) is 12.1 Å². The van der Waals surface area contributed by atoms with Gasteiger partial charge in [0.2, 0.25) is 0 Å². The average molecular weight is 213 g/mol. The van der Waals surface area contributed by atoms with Gasteiger partial charge < -0.3 is 10.0 Å². The first-order chi connectivity index (χ1) is 6.75. The third-order valence-corrected chi connectivity index (χ3v) is 2.68. The zero-order chi connectivity index (χ0) is 9.97. The first-order valence-electron chi connectivity index (χ1n) is 4.80. The fourth-order valence-corrected chi connectivity index (χ4v) is 1.95. The number of rotatable bonds is 1. The minimum atomic E-state index is -0.212. The van der Waals surface area contributed by atoms with Crippen LogP contribution in [0.2, 0.25) is 5.15 Å². The fraction of sp³-hybridized carbons (Fsp3) is 0.500. The van der Waals surface area contributed by atoms with E-state index >= 15 is 0 Å². The third kappa shape index (κ3) is 2.16. The summed E-state index contributed by atoms with van der Waals surface area (Å²) in [7, 11) is 0. The predicted molar refractivity (Wildman–Crippen MR) is 56.7 cm³/mol. The Morgan fingerprint density at radius 3 is 3.14 bits per heavy atom. The Bertz CT molecular complexity index is 319. The van der Waals surface area contributed by atoms with Crippen LogP contribution in [0, 0.1) is 0 Å². The van der Waals surface area contributed by atoms with E-state index in [-0.39, 0.29) is 6.10 Å². The van der Waals surface area contributed by atoms with Gasteiger partial charge in [0, 0.05) is 25.0 Å². The number of piperidine rings is 1. The van der Waals surface area contributed by atoms with Crippen LogP contribution in [0.5, 0.6) is 0 Å². The number of aliphatic hydroxyl groups excluding tert-OH is 1. The van der Waals surface area contributed by atoms with Gasteiger partial charge in [-0.1, -0.05) is 11.6 Å². The van der Waals surface area contributed by atoms with Crippen molar-refractivity contribution in [2.75, 3.05) is 18.0 Å². The van der Waals surface area contributed by atoms with E-state index in [1.54, 1.807) is 6.20 Å². The topological polar surface area (TPSA) is 36.4 Å². The molecule has 0 saturated carbocycles. The maximum Gasteiger partial charge on any atom is 0.131 e. The summed E-state index contributed by atoms with van der Waals surface area (Å²) < 4.78 is 0. The lowest BCUT2D eigenvalue weighted by molar-refractivity contribution is 0.154. The molecule has 76 valence electrons. The van der Waals surface area contributed by atoms with E-state index in [0.717, 1.165) is 25.1 Å². The molecular weight excluding hydrogens is 200 g/mol. The molecule has 2 heterocycles. The molecule has 0 radical (unpaired) electrons. The summed E-state index contributed by atoms with van der Waals surface area (Å²) in [5.74, 6) is 0. The highest BCUT2D eigenvalue weighted by molar-refractivity contribution is 6.29. The molecule has 1 aromatic rings. The second-order valence-corrected chi connectivity index (χ2v) is 3.97. The van der Waals surface area contributed by atoms with Gasteiger partial charge in [-0.25, -0.2) is 4.98 Å². The normalized spacial score (nSPS) is 22.4. The lowest BCUT2D eigenvalue weighted by atomic mass is 10.1. The summed E-state index contributed by atoms with van der Waals surface area (Å²) in [5, 5.41) is 10.0. The van der Waals surface area contributed by atoms with Crippen molar-refractivity contribution in [3.8, 4) is 0 Å². The van der Waals surface area contributed by atoms with E-state index in [4.69, 9.17) is 11.6 Å². The Kier molecular flexibility index (Phi) is 2.89. The molecule has 0 aromatic carbocycles. The van der Waals surface area contributed by atoms with Gasteiger partial charge in [0.15, 0.2) is 0 Å². The second-order valence-electron chi connectivity index (χ2n) is 3.58. The Balaban J connectivity index is 2.14. The molecule has 1 aliphatic rings. The SMILES string of the molecule is O[C@@H]1CCCN(c2ccnc(Cl)c2)C1. The Morgan fingerprint density at radius 1 is 1.57 bits per heavy atom. The summed E-state index contributed by atoms with van der Waals surface area (Å²) in [6.07, 6.45) is 3.41. The van der Waals surface area contributed by atoms with Crippen molar-refractivity contribution in [3.63, 3.8) is 0 Å². The summed E-state index contributed by atoms with van der Waals surface area (Å²) in [5.41, 5.74) is 1.05. The molecule has 0 spiro atoms. The average Bonchev–Trinajstić information content (AvgIpc) is 2.18. The number of aliphatic hydroxyl groups is 1. The molecule has 14 heavy (non-hydrogen) atoms. The largest absolute Gasteiger partial charge is 0.391 e. The molecule has 3 nitrogen and oxygen atoms in total. The van der Waals surface area contributed by atoms with Crippen LogP contribution in [0.25, 0.3) is 0 Å². The van der Waals surface area contributed by atoms with Gasteiger partial charge in [0.25, 0.3) is 0 Å². The quantitative estimate of drug-likeness (QED) is 0.720. The molecule has 1 aromatic heterocycles. The fourth-order valence-electron chi connectivity index (χ4n) is 1.78. The van der Waals surface area contributed by atoms with Crippen LogP contribution >= 0.6 is 11.6 Å². The van der Waals surface area contributed by atoms with Gasteiger partial charge in [-0.05, 0) is 25.0 Å². The monoisotopic (exact) mass is 212 g/mol. The minimum Gasteiger partial charge on any atom is -0.391 e. The highest BCUT2D eigenvalue weighted by Gasteiger charge is 2.17. The molecule has 1 aliphatic heterocycles. The third-order valence-electron chi connectivity index (χ3n) is 2.47. The van der Waals surface area contributed by atoms with Gasteiger partial charge in [-0.15, -0.1) is 0 Å². The van der Waals surface area contributed by atoms with Gasteiger partial charge in [-0.3, -0.25) is 0 Å². The van der Waals surface area contributed by atoms with Gasteiger partial charge in [0.05, 0.1) is 6.10 Å². The van der Waals surface area contributed by atoms with E-state index in [1.165, 1.54) is 0 Å². The van der Waals surface area contributed by atoms with Gasteiger partial charge in [0.1, 0.15) is 5.15 Å². The van der Waals surface area contributed by atoms with Crippen molar-refractivity contribution in [3.05, 3.63) is 23.5 Å². The van der Waals surface area contributed by atoms with Crippen LogP contribution in [-0.2, 0) is 0 Å². The van der Waals surface area contributed by atoms with E-state index in [2.05, 4.69) is 9.88 Å². The number of pyridine rings is 1. The molecule has 0 amide bonds. The molecule has 0 unspecified atom stereocenters. The molecular formula is C10H13ClN2O. The van der Waals surface area contributed by atoms with E-state index in [9.17, 15) is 5.11 Å². The van der Waals surface area contributed by atoms with Crippen LogP contribution in [0.1, 0.15) is 12.8 Å². The first kappa shape index (κ1) is 9.74. The van der Waals surface area contributed by atoms with Crippen molar-refractivity contribution in [1.82, 2.24) is 4.98 Å². The standard InChI is InChI=1S/C10H13ClN2O/c11-10-6-8(3-4-12-10)13-5-1-2-9(14)7-13/h3-4,6,9,14H,1-2,5,7H2/t9-/m1/s1. The predicted octanol–water partition coefficient (Wildman–Crippen LogP) is 1.70. The zero-order valence-corrected chi connectivity index (χ0v) is 8.61. The highest BCUT2D eigenvalue weighted by atomic mass is 35.5. The van der Waals surface area contributed by atoms with Crippen LogP contribution in [0.15, 0.2) is 18.3 Å². The first-order valence-corrected chi connectivity index (χ1v) is 5.18. The van der Waals surface area contributed by atoms with Crippen molar-refractivity contribution in [1.29, 1.82) is 0 Å². The molecule has 4 heteroatoms. The van der Waals surface area contributed by atoms with Crippen LogP contribution in [0.4, 0.5) is 5.69 Å². The molecule has 1 saturated heterocycles. The summed E-state index contributed by atoms with van der Waals surface area (Å²) in [4.78, 5) is 6.07. The highest BCUT2D eigenvalue weighted by Crippen LogP contribution is 2.21. The van der Waals surface area contributed by atoms with Crippen molar-refractivity contribution >= 4 is 17.3 Å². The number of aromatic nitrogens is 1. The number of β-amino-alcohol motifs (C(OH)–C–C–N with tert-alkyl or cyclic N) is 1. The summed E-state index contributed by atoms with van der Waals surface area (Å²) in [6.45, 7) is 1.68. The van der Waals surface area contributed by atoms with Crippen LogP contribution in [0.3, 0.4) is 0 Å². The Morgan fingerprint density at radius 2 is 2.43 bits per heavy atom. The van der Waals surface area contributed by atoms with Crippen LogP contribution < -0.4 is 4.90 Å². The summed E-state index contributed by atoms with van der Waals surface area (Å²) >= 11 is 5.80. The van der Waals surface area contributed by atoms with Crippen molar-refractivity contribution in [2.24, 2.45) is 0 Å². The minimum absolute atomic E-state index is 0.212. The maximum absolute atomic E-state index is 9.52. The number of halogens is 1. The van der Waals surface area contributed by atoms with Gasteiger partial charge in [-0.2, -0.15) is 0 Å². The Hall–Kier alpha value is -0.800. The van der Waals surface area contributed by atoms with Crippen LogP contribution in [-0.4, -0.2) is 29.3 Å². The Labute approximate surface area is 88.3 Å². The van der Waals surface area contributed by atoms with Crippen molar-refractivity contribution < 1.29 is 5.11 Å². The molecule has 0 aliphatic carbocycles. The lowest BCUT2D eigenvalue weighted by Crippen LogP contribution is -2.38. The number of hydrogen-bond donors (Lipinski definition) is 1. The molecule has 1 fully saturated rings. The molecule has 0 bridgehead atoms. The van der Waals surface area contributed by atoms with Gasteiger partial charge >= 0.3 is 0 Å². The lowest BCUT2D eigenvalue weighted by Gasteiger charge is -2.31.